The molecule has 0 saturated heterocycles. The first-order valence-corrected chi connectivity index (χ1v) is 7.52. The van der Waals surface area contributed by atoms with E-state index in [1.54, 1.807) is 6.08 Å². The van der Waals surface area contributed by atoms with Gasteiger partial charge in [-0.2, -0.15) is 0 Å². The molecule has 0 aliphatic carbocycles. The average Bonchev–Trinajstić information content (AvgIpc) is 2.58. The topological polar surface area (TPSA) is 127 Å². The lowest BCUT2D eigenvalue weighted by atomic mass is 9.96. The van der Waals surface area contributed by atoms with Crippen molar-refractivity contribution in [1.29, 1.82) is 0 Å². The lowest BCUT2D eigenvalue weighted by molar-refractivity contribution is -0.386. The van der Waals surface area contributed by atoms with Crippen LogP contribution in [-0.2, 0) is 12.8 Å². The van der Waals surface area contributed by atoms with Crippen LogP contribution in [0.25, 0.3) is 11.1 Å². The Labute approximate surface area is 148 Å². The Balaban J connectivity index is 2.81. The first kappa shape index (κ1) is 18.7. The van der Waals surface area contributed by atoms with E-state index >= 15 is 0 Å². The molecule has 0 radical (unpaired) electrons. The molecule has 0 spiro atoms. The van der Waals surface area contributed by atoms with E-state index in [0.29, 0.717) is 12.0 Å². The van der Waals surface area contributed by atoms with Crippen LogP contribution in [0.5, 0.6) is 11.5 Å². The lowest BCUT2D eigenvalue weighted by Gasteiger charge is -2.11. The van der Waals surface area contributed by atoms with Gasteiger partial charge < -0.3 is 10.2 Å². The minimum Gasteiger partial charge on any atom is -0.502 e. The molecule has 0 aromatic heterocycles. The molecule has 134 valence electrons. The van der Waals surface area contributed by atoms with Crippen LogP contribution in [-0.4, -0.2) is 20.1 Å². The first-order valence-electron chi connectivity index (χ1n) is 7.52. The summed E-state index contributed by atoms with van der Waals surface area (Å²) in [5.74, 6) is -1.11. The molecule has 0 aliphatic heterocycles. The summed E-state index contributed by atoms with van der Waals surface area (Å²) in [5, 5.41) is 42.8. The Hall–Kier alpha value is -3.68. The Morgan fingerprint density at radius 2 is 1.46 bits per heavy atom. The van der Waals surface area contributed by atoms with Crippen LogP contribution in [0.2, 0.25) is 0 Å². The third-order valence-corrected chi connectivity index (χ3v) is 3.77. The van der Waals surface area contributed by atoms with Crippen LogP contribution in [0.4, 0.5) is 11.4 Å². The second-order valence-corrected chi connectivity index (χ2v) is 5.51. The molecule has 8 heteroatoms. The lowest BCUT2D eigenvalue weighted by Crippen LogP contribution is -1.97. The predicted octanol–water partition coefficient (Wildman–Crippen LogP) is 4.04. The van der Waals surface area contributed by atoms with Gasteiger partial charge in [0.25, 0.3) is 0 Å². The van der Waals surface area contributed by atoms with Crippen LogP contribution in [0.1, 0.15) is 11.1 Å². The molecule has 0 amide bonds. The van der Waals surface area contributed by atoms with Crippen molar-refractivity contribution in [2.24, 2.45) is 0 Å². The van der Waals surface area contributed by atoms with Gasteiger partial charge in [-0.1, -0.05) is 12.2 Å². The smallest absolute Gasteiger partial charge is 0.311 e. The monoisotopic (exact) mass is 356 g/mol. The van der Waals surface area contributed by atoms with Gasteiger partial charge in [0.15, 0.2) is 5.75 Å². The van der Waals surface area contributed by atoms with Gasteiger partial charge in [0.05, 0.1) is 9.85 Å². The zero-order valence-corrected chi connectivity index (χ0v) is 13.7. The highest BCUT2D eigenvalue weighted by Crippen LogP contribution is 2.42. The third kappa shape index (κ3) is 3.54. The SMILES string of the molecule is C=CCc1cc(-c2cc(CC=C)c(O)c([N+](=O)[O-])c2)c(O)c([N+](=O)[O-])c1. The number of nitrogens with zero attached hydrogens (tertiary/aromatic N) is 2. The summed E-state index contributed by atoms with van der Waals surface area (Å²) < 4.78 is 0. The summed E-state index contributed by atoms with van der Waals surface area (Å²) in [5.41, 5.74) is -0.0981. The minimum atomic E-state index is -0.759. The minimum absolute atomic E-state index is 0.0597. The number of hydrogen-bond acceptors (Lipinski definition) is 6. The van der Waals surface area contributed by atoms with Gasteiger partial charge in [-0.15, -0.1) is 13.2 Å². The van der Waals surface area contributed by atoms with Gasteiger partial charge in [0.2, 0.25) is 5.75 Å². The van der Waals surface area contributed by atoms with Gasteiger partial charge in [-0.05, 0) is 36.1 Å². The summed E-state index contributed by atoms with van der Waals surface area (Å²) >= 11 is 0. The fourth-order valence-electron chi connectivity index (χ4n) is 2.60. The molecule has 0 unspecified atom stereocenters. The molecule has 26 heavy (non-hydrogen) atoms. The number of phenolic OH excluding ortho intramolecular Hbond substituents is 2. The van der Waals surface area contributed by atoms with Crippen molar-refractivity contribution in [1.82, 2.24) is 0 Å². The molecular formula is C18H16N2O6. The average molecular weight is 356 g/mol. The van der Waals surface area contributed by atoms with Gasteiger partial charge in [-0.25, -0.2) is 0 Å². The number of nitro groups is 2. The van der Waals surface area contributed by atoms with Crippen molar-refractivity contribution in [2.45, 2.75) is 12.8 Å². The standard InChI is InChI=1S/C18H16N2O6/c1-3-5-11-7-14(18(22)15(8-11)19(23)24)13-9-12(6-4-2)17(21)16(10-13)20(25)26/h3-4,7-10,21-22H,1-2,5-6H2. The number of nitro benzene ring substituents is 2. The Morgan fingerprint density at radius 3 is 2.00 bits per heavy atom. The third-order valence-electron chi connectivity index (χ3n) is 3.77. The van der Waals surface area contributed by atoms with E-state index in [2.05, 4.69) is 13.2 Å². The van der Waals surface area contributed by atoms with Crippen molar-refractivity contribution < 1.29 is 20.1 Å². The van der Waals surface area contributed by atoms with Crippen LogP contribution in [0, 0.1) is 20.2 Å². The van der Waals surface area contributed by atoms with Crippen molar-refractivity contribution >= 4 is 11.4 Å². The molecule has 2 N–H and O–H groups in total. The maximum atomic E-state index is 11.2. The van der Waals surface area contributed by atoms with E-state index in [9.17, 15) is 30.4 Å². The Morgan fingerprint density at radius 1 is 0.885 bits per heavy atom. The maximum absolute atomic E-state index is 11.2. The molecule has 0 bridgehead atoms. The number of aromatic hydroxyl groups is 2. The molecule has 0 atom stereocenters. The molecule has 0 aliphatic rings. The summed E-state index contributed by atoms with van der Waals surface area (Å²) in [6, 6.07) is 5.22. The number of hydrogen-bond donors (Lipinski definition) is 2. The zero-order valence-electron chi connectivity index (χ0n) is 13.7. The van der Waals surface area contributed by atoms with Crippen LogP contribution in [0.15, 0.2) is 49.6 Å². The quantitative estimate of drug-likeness (QED) is 0.438. The van der Waals surface area contributed by atoms with Gasteiger partial charge in [0, 0.05) is 23.3 Å². The Kier molecular flexibility index (Phi) is 5.36. The van der Waals surface area contributed by atoms with E-state index in [0.717, 1.165) is 6.07 Å². The molecule has 0 heterocycles. The first-order chi connectivity index (χ1) is 12.3. The van der Waals surface area contributed by atoms with Crippen LogP contribution >= 0.6 is 0 Å². The molecule has 0 saturated carbocycles. The fourth-order valence-corrected chi connectivity index (χ4v) is 2.60. The maximum Gasteiger partial charge on any atom is 0.311 e. The van der Waals surface area contributed by atoms with Crippen molar-refractivity contribution in [3.05, 3.63) is 80.9 Å². The molecule has 2 aromatic rings. The summed E-state index contributed by atoms with van der Waals surface area (Å²) in [6.07, 6.45) is 3.46. The second kappa shape index (κ2) is 7.47. The number of phenols is 2. The molecule has 2 rings (SSSR count). The fraction of sp³-hybridized carbons (Fsp3) is 0.111. The predicted molar refractivity (Wildman–Crippen MR) is 96.3 cm³/mol. The highest BCUT2D eigenvalue weighted by molar-refractivity contribution is 5.79. The largest absolute Gasteiger partial charge is 0.502 e. The Bertz CT molecular complexity index is 920. The number of rotatable bonds is 7. The molecule has 8 nitrogen and oxygen atoms in total. The van der Waals surface area contributed by atoms with E-state index in [4.69, 9.17) is 0 Å². The van der Waals surface area contributed by atoms with E-state index < -0.39 is 32.7 Å². The highest BCUT2D eigenvalue weighted by atomic mass is 16.6. The molecule has 0 fully saturated rings. The number of benzene rings is 2. The summed E-state index contributed by atoms with van der Waals surface area (Å²) in [6.45, 7) is 7.11. The highest BCUT2D eigenvalue weighted by Gasteiger charge is 2.24. The number of allylic oxidation sites excluding steroid dienone is 2. The molecule has 2 aromatic carbocycles. The molecular weight excluding hydrogens is 340 g/mol. The zero-order chi connectivity index (χ0) is 19.4. The van der Waals surface area contributed by atoms with Crippen molar-refractivity contribution in [3.63, 3.8) is 0 Å². The van der Waals surface area contributed by atoms with Gasteiger partial charge in [-0.3, -0.25) is 20.2 Å². The summed E-state index contributed by atoms with van der Waals surface area (Å²) in [7, 11) is 0. The second-order valence-electron chi connectivity index (χ2n) is 5.51. The van der Waals surface area contributed by atoms with Gasteiger partial charge >= 0.3 is 11.4 Å². The van der Waals surface area contributed by atoms with E-state index in [-0.39, 0.29) is 23.1 Å². The van der Waals surface area contributed by atoms with Crippen LogP contribution < -0.4 is 0 Å². The summed E-state index contributed by atoms with van der Waals surface area (Å²) in [4.78, 5) is 21.0. The van der Waals surface area contributed by atoms with E-state index in [1.165, 1.54) is 24.3 Å². The normalized spacial score (nSPS) is 10.3. The van der Waals surface area contributed by atoms with Gasteiger partial charge in [0.1, 0.15) is 0 Å². The van der Waals surface area contributed by atoms with Crippen LogP contribution in [0.3, 0.4) is 0 Å². The van der Waals surface area contributed by atoms with E-state index in [1.807, 2.05) is 0 Å². The van der Waals surface area contributed by atoms with Crippen molar-refractivity contribution in [3.8, 4) is 22.6 Å². The van der Waals surface area contributed by atoms with Crippen molar-refractivity contribution in [2.75, 3.05) is 0 Å².